The van der Waals surface area contributed by atoms with E-state index in [0.717, 1.165) is 31.1 Å². The molecule has 0 spiro atoms. The van der Waals surface area contributed by atoms with Crippen LogP contribution in [0.25, 0.3) is 5.32 Å². The number of hydrogen-bond donors (Lipinski definition) is 2. The van der Waals surface area contributed by atoms with E-state index in [0.29, 0.717) is 24.0 Å². The van der Waals surface area contributed by atoms with Crippen molar-refractivity contribution in [2.24, 2.45) is 29.6 Å². The molecule has 0 aromatic heterocycles. The van der Waals surface area contributed by atoms with E-state index in [-0.39, 0.29) is 17.8 Å². The summed E-state index contributed by atoms with van der Waals surface area (Å²) >= 11 is 0. The van der Waals surface area contributed by atoms with Gasteiger partial charge in [0.25, 0.3) is 0 Å². The third kappa shape index (κ3) is 2.65. The second-order valence-electron chi connectivity index (χ2n) is 9.68. The second-order valence-corrected chi connectivity index (χ2v) is 9.68. The second kappa shape index (κ2) is 6.75. The minimum Gasteiger partial charge on any atom is -0.651 e. The largest absolute Gasteiger partial charge is 0.651 e. The molecule has 10 atom stereocenters. The molecule has 5 aliphatic rings. The number of rotatable bonds is 1. The zero-order valence-electron chi connectivity index (χ0n) is 16.0. The smallest absolute Gasteiger partial charge is 0.311 e. The van der Waals surface area contributed by atoms with Crippen molar-refractivity contribution < 1.29 is 19.5 Å². The van der Waals surface area contributed by atoms with E-state index < -0.39 is 6.10 Å². The fourth-order valence-electron chi connectivity index (χ4n) is 7.58. The molecule has 2 N–H and O–H groups in total. The summed E-state index contributed by atoms with van der Waals surface area (Å²) in [4.78, 5) is 14.2. The van der Waals surface area contributed by atoms with Crippen molar-refractivity contribution in [3.63, 3.8) is 0 Å². The Morgan fingerprint density at radius 3 is 2.77 bits per heavy atom. The molecular formula is C21H34N2O3. The highest BCUT2D eigenvalue weighted by Gasteiger charge is 2.54. The van der Waals surface area contributed by atoms with Crippen LogP contribution in [-0.4, -0.2) is 55.5 Å². The molecule has 3 aliphatic heterocycles. The van der Waals surface area contributed by atoms with Gasteiger partial charge in [0, 0.05) is 12.3 Å². The van der Waals surface area contributed by atoms with E-state index in [1.807, 2.05) is 0 Å². The highest BCUT2D eigenvalue weighted by atomic mass is 16.5. The average Bonchev–Trinajstić information content (AvgIpc) is 3.05. The predicted octanol–water partition coefficient (Wildman–Crippen LogP) is 1.15. The number of fused-ring (bicyclic) bond motifs is 6. The Morgan fingerprint density at radius 1 is 1.08 bits per heavy atom. The lowest BCUT2D eigenvalue weighted by molar-refractivity contribution is -0.942. The number of aliphatic hydroxyl groups is 1. The van der Waals surface area contributed by atoms with Gasteiger partial charge in [-0.1, -0.05) is 37.6 Å². The van der Waals surface area contributed by atoms with Gasteiger partial charge in [-0.2, -0.15) is 0 Å². The number of nitrogens with zero attached hydrogens (tertiary/aromatic N) is 1. The molecule has 3 heterocycles. The molecule has 146 valence electrons. The van der Waals surface area contributed by atoms with E-state index in [2.05, 4.69) is 0 Å². The highest BCUT2D eigenvalue weighted by molar-refractivity contribution is 5.73. The van der Waals surface area contributed by atoms with Gasteiger partial charge in [-0.25, -0.2) is 0 Å². The van der Waals surface area contributed by atoms with E-state index >= 15 is 0 Å². The quantitative estimate of drug-likeness (QED) is 0.688. The van der Waals surface area contributed by atoms with Crippen LogP contribution >= 0.6 is 0 Å². The number of aliphatic hydroxyl groups excluding tert-OH is 1. The monoisotopic (exact) mass is 362 g/mol. The number of esters is 1. The lowest BCUT2D eigenvalue weighted by atomic mass is 9.63. The summed E-state index contributed by atoms with van der Waals surface area (Å²) in [6.07, 6.45) is 9.12. The summed E-state index contributed by atoms with van der Waals surface area (Å²) in [5, 5.41) is 15.9. The van der Waals surface area contributed by atoms with Crippen LogP contribution in [0, 0.1) is 29.6 Å². The predicted molar refractivity (Wildman–Crippen MR) is 97.8 cm³/mol. The highest BCUT2D eigenvalue weighted by Crippen LogP contribution is 2.50. The maximum Gasteiger partial charge on any atom is 0.311 e. The van der Waals surface area contributed by atoms with Gasteiger partial charge in [0.2, 0.25) is 0 Å². The number of hydrogen-bond acceptors (Lipinski definition) is 3. The van der Waals surface area contributed by atoms with Crippen LogP contribution in [0.5, 0.6) is 0 Å². The van der Waals surface area contributed by atoms with Crippen LogP contribution in [0.4, 0.5) is 0 Å². The number of nitrogens with one attached hydrogen (secondary N) is 1. The first-order valence-electron chi connectivity index (χ1n) is 11.0. The van der Waals surface area contributed by atoms with Crippen molar-refractivity contribution in [1.82, 2.24) is 0 Å². The van der Waals surface area contributed by atoms with E-state index in [4.69, 9.17) is 10.1 Å². The zero-order chi connectivity index (χ0) is 17.8. The van der Waals surface area contributed by atoms with E-state index in [1.54, 1.807) is 4.90 Å². The first kappa shape index (κ1) is 17.4. The summed E-state index contributed by atoms with van der Waals surface area (Å²) in [5.74, 6) is 1.96. The normalized spacial score (nSPS) is 53.0. The summed E-state index contributed by atoms with van der Waals surface area (Å²) in [5.41, 5.74) is 0. The number of piperidine rings is 2. The Balaban J connectivity index is 1.38. The van der Waals surface area contributed by atoms with Crippen LogP contribution in [0.1, 0.15) is 51.4 Å². The summed E-state index contributed by atoms with van der Waals surface area (Å²) in [7, 11) is 1.46. The van der Waals surface area contributed by atoms with Gasteiger partial charge in [-0.15, -0.1) is 6.04 Å². The minimum atomic E-state index is -0.521. The Hall–Kier alpha value is -0.650. The molecule has 5 fully saturated rings. The van der Waals surface area contributed by atoms with Crippen molar-refractivity contribution in [3.05, 3.63) is 5.32 Å². The van der Waals surface area contributed by atoms with Crippen LogP contribution in [0.15, 0.2) is 0 Å². The van der Waals surface area contributed by atoms with Crippen molar-refractivity contribution in [3.8, 4) is 0 Å². The third-order valence-corrected chi connectivity index (χ3v) is 8.71. The fourth-order valence-corrected chi connectivity index (χ4v) is 7.58. The van der Waals surface area contributed by atoms with Crippen LogP contribution in [0.3, 0.4) is 0 Å². The van der Waals surface area contributed by atoms with Crippen molar-refractivity contribution in [2.75, 3.05) is 20.2 Å². The molecule has 0 aromatic rings. The number of ether oxygens (including phenoxy) is 1. The Bertz CT molecular complexity index is 555. The third-order valence-electron chi connectivity index (χ3n) is 8.71. The van der Waals surface area contributed by atoms with Crippen LogP contribution < -0.4 is 4.90 Å². The molecule has 0 amide bonds. The molecule has 5 heteroatoms. The maximum absolute atomic E-state index is 12.4. The molecule has 0 radical (unpaired) electrons. The number of methoxy groups -OCH3 is 1. The molecule has 6 unspecified atom stereocenters. The fraction of sp³-hybridized carbons (Fsp3) is 0.952. The standard InChI is InChI=1S/C21H33N2O3/c1-26-21(25)19-15-10-17-20-14(13-4-2-3-5-16(13)22-20)8-9-23(17)11-12(15)6-7-18(19)24/h12-20,24H,2-11H2,1H3/q-1/p+1/t12-,13?,14?,15-,16?,17?,18-,19+,20?/m0/s1. The SMILES string of the molecule is COC(=O)[C@@H]1[C@H]2CC3C4[N-]C5CCCCC5C4CC[NH+]3C[C@@H]2CC[C@@H]1O. The molecule has 3 saturated heterocycles. The van der Waals surface area contributed by atoms with Crippen molar-refractivity contribution >= 4 is 5.97 Å². The summed E-state index contributed by atoms with van der Waals surface area (Å²) in [6.45, 7) is 2.46. The van der Waals surface area contributed by atoms with Crippen molar-refractivity contribution in [1.29, 1.82) is 0 Å². The Labute approximate surface area is 156 Å². The Kier molecular flexibility index (Phi) is 4.53. The minimum absolute atomic E-state index is 0.194. The van der Waals surface area contributed by atoms with Crippen molar-refractivity contribution in [2.45, 2.75) is 75.6 Å². The molecule has 2 aliphatic carbocycles. The van der Waals surface area contributed by atoms with Gasteiger partial charge < -0.3 is 20.1 Å². The van der Waals surface area contributed by atoms with Gasteiger partial charge >= 0.3 is 5.97 Å². The van der Waals surface area contributed by atoms with Gasteiger partial charge in [0.05, 0.1) is 38.3 Å². The van der Waals surface area contributed by atoms with Gasteiger partial charge in [0.15, 0.2) is 0 Å². The average molecular weight is 363 g/mol. The summed E-state index contributed by atoms with van der Waals surface area (Å²) in [6, 6.07) is 1.69. The molecule has 5 rings (SSSR count). The number of carbonyl (C=O) groups is 1. The molecule has 2 saturated carbocycles. The maximum atomic E-state index is 12.4. The topological polar surface area (TPSA) is 65.1 Å². The first-order chi connectivity index (χ1) is 12.7. The lowest BCUT2D eigenvalue weighted by Gasteiger charge is -2.54. The molecule has 0 bridgehead atoms. The van der Waals surface area contributed by atoms with Gasteiger partial charge in [-0.3, -0.25) is 4.79 Å². The Morgan fingerprint density at radius 2 is 1.92 bits per heavy atom. The van der Waals surface area contributed by atoms with Crippen LogP contribution in [0.2, 0.25) is 0 Å². The zero-order valence-corrected chi connectivity index (χ0v) is 16.0. The summed E-state index contributed by atoms with van der Waals surface area (Å²) < 4.78 is 5.08. The number of quaternary nitrogens is 1. The number of carbonyl (C=O) groups excluding carboxylic acids is 1. The molecular weight excluding hydrogens is 328 g/mol. The molecule has 0 aromatic carbocycles. The van der Waals surface area contributed by atoms with Gasteiger partial charge in [0.1, 0.15) is 0 Å². The van der Waals surface area contributed by atoms with E-state index in [9.17, 15) is 9.90 Å². The molecule has 26 heavy (non-hydrogen) atoms. The molecule has 5 nitrogen and oxygen atoms in total. The first-order valence-corrected chi connectivity index (χ1v) is 11.0. The van der Waals surface area contributed by atoms with Crippen LogP contribution in [-0.2, 0) is 9.53 Å². The van der Waals surface area contributed by atoms with Gasteiger partial charge in [-0.05, 0) is 31.1 Å². The van der Waals surface area contributed by atoms with E-state index in [1.165, 1.54) is 52.3 Å². The lowest BCUT2D eigenvalue weighted by Crippen LogP contribution is -3.20.